The van der Waals surface area contributed by atoms with Gasteiger partial charge in [0.15, 0.2) is 11.7 Å². The van der Waals surface area contributed by atoms with Crippen LogP contribution in [0.3, 0.4) is 0 Å². The van der Waals surface area contributed by atoms with Crippen LogP contribution in [-0.4, -0.2) is 43.1 Å². The fraction of sp³-hybridized carbons (Fsp3) is 0.250. The maximum absolute atomic E-state index is 14.9. The van der Waals surface area contributed by atoms with Gasteiger partial charge in [-0.25, -0.2) is 9.40 Å². The van der Waals surface area contributed by atoms with Crippen molar-refractivity contribution in [3.8, 4) is 0 Å². The number of benzene rings is 1. The molecule has 1 aromatic carbocycles. The highest BCUT2D eigenvalue weighted by molar-refractivity contribution is 7.93. The molecule has 0 aromatic heterocycles. The van der Waals surface area contributed by atoms with Crippen molar-refractivity contribution in [2.24, 2.45) is 4.99 Å². The minimum Gasteiger partial charge on any atom is -0.341 e. The zero-order chi connectivity index (χ0) is 17.5. The van der Waals surface area contributed by atoms with Crippen molar-refractivity contribution >= 4 is 21.5 Å². The van der Waals surface area contributed by atoms with E-state index in [1.165, 1.54) is 24.3 Å². The van der Waals surface area contributed by atoms with Gasteiger partial charge in [-0.1, -0.05) is 22.7 Å². The maximum Gasteiger partial charge on any atom is 0.395 e. The molecule has 2 unspecified atom stereocenters. The summed E-state index contributed by atoms with van der Waals surface area (Å²) in [5.74, 6) is -2.01. The van der Waals surface area contributed by atoms with Gasteiger partial charge in [0.05, 0.1) is 6.20 Å². The Hall–Kier alpha value is -2.31. The second kappa shape index (κ2) is 5.65. The molecule has 2 aliphatic rings. The van der Waals surface area contributed by atoms with E-state index in [-0.39, 0.29) is 10.8 Å². The minimum absolute atomic E-state index is 0.0767. The molecule has 0 saturated carbocycles. The first-order chi connectivity index (χ1) is 11.3. The lowest BCUT2D eigenvalue weighted by atomic mass is 10.3. The number of ether oxygens (including phenoxy) is 1. The second-order valence-corrected chi connectivity index (χ2v) is 6.59. The van der Waals surface area contributed by atoms with Gasteiger partial charge in [0.1, 0.15) is 0 Å². The van der Waals surface area contributed by atoms with Gasteiger partial charge < -0.3 is 4.74 Å². The van der Waals surface area contributed by atoms with Crippen molar-refractivity contribution in [1.82, 2.24) is 15.6 Å². The molecule has 0 fully saturated rings. The van der Waals surface area contributed by atoms with Crippen molar-refractivity contribution in [1.29, 1.82) is 0 Å². The molecule has 3 rings (SSSR count). The molecule has 24 heavy (non-hydrogen) atoms. The summed E-state index contributed by atoms with van der Waals surface area (Å²) >= 11 is 0. The lowest BCUT2D eigenvalue weighted by Crippen LogP contribution is -2.59. The number of anilines is 1. The van der Waals surface area contributed by atoms with Crippen LogP contribution in [0, 0.1) is 0 Å². The van der Waals surface area contributed by atoms with Crippen LogP contribution in [0.1, 0.15) is 0 Å². The van der Waals surface area contributed by atoms with Crippen LogP contribution in [0.5, 0.6) is 0 Å². The third-order valence-electron chi connectivity index (χ3n) is 3.21. The van der Waals surface area contributed by atoms with E-state index in [2.05, 4.69) is 4.99 Å². The summed E-state index contributed by atoms with van der Waals surface area (Å²) < 4.78 is 73.6. The first kappa shape index (κ1) is 16.5. The van der Waals surface area contributed by atoms with Gasteiger partial charge in [-0.3, -0.25) is 4.72 Å². The zero-order valence-corrected chi connectivity index (χ0v) is 13.0. The van der Waals surface area contributed by atoms with E-state index >= 15 is 0 Å². The molecule has 0 amide bonds. The number of methoxy groups -OCH3 is 1. The van der Waals surface area contributed by atoms with Gasteiger partial charge >= 0.3 is 15.3 Å². The molecule has 8 nitrogen and oxygen atoms in total. The average molecular weight is 363 g/mol. The topological polar surface area (TPSA) is 86.3 Å². The number of amidine groups is 1. The number of hydrazine groups is 1. The van der Waals surface area contributed by atoms with Crippen LogP contribution in [0.25, 0.3) is 0 Å². The summed E-state index contributed by atoms with van der Waals surface area (Å²) in [6.45, 7) is 0. The lowest BCUT2D eigenvalue weighted by molar-refractivity contribution is -0.185. The fourth-order valence-corrected chi connectivity index (χ4v) is 3.15. The van der Waals surface area contributed by atoms with Crippen LogP contribution >= 0.6 is 0 Å². The Morgan fingerprint density at radius 1 is 1.38 bits per heavy atom. The van der Waals surface area contributed by atoms with Crippen LogP contribution in [-0.2, 0) is 14.8 Å². The molecule has 2 heterocycles. The Morgan fingerprint density at radius 2 is 2.04 bits per heavy atom. The molecule has 12 heteroatoms. The van der Waals surface area contributed by atoms with Crippen molar-refractivity contribution in [3.63, 3.8) is 0 Å². The number of para-hydroxylation sites is 1. The van der Waals surface area contributed by atoms with E-state index in [0.29, 0.717) is 11.2 Å². The third-order valence-corrected chi connectivity index (χ3v) is 4.61. The van der Waals surface area contributed by atoms with Gasteiger partial charge in [0.25, 0.3) is 6.35 Å². The summed E-state index contributed by atoms with van der Waals surface area (Å²) in [6, 6.07) is 7.47. The molecule has 1 aromatic rings. The summed E-state index contributed by atoms with van der Waals surface area (Å²) in [6.07, 6.45) is -1.26. The highest BCUT2D eigenvalue weighted by Gasteiger charge is 2.55. The molecule has 0 aliphatic carbocycles. The first-order valence-corrected chi connectivity index (χ1v) is 8.03. The van der Waals surface area contributed by atoms with Gasteiger partial charge in [-0.2, -0.15) is 28.3 Å². The number of halogens is 3. The number of fused-ring (bicyclic) bond motifs is 1. The Bertz CT molecular complexity index is 803. The Morgan fingerprint density at radius 3 is 2.67 bits per heavy atom. The summed E-state index contributed by atoms with van der Waals surface area (Å²) in [7, 11) is -3.72. The monoisotopic (exact) mass is 363 g/mol. The standard InChI is InChI=1S/C12H12F3N5O3S/c1-23-11-19(15)7-9(13)10-16-12(14,18-20(10)11)24(21,22)17-8-5-3-2-4-6-8/h2-7,11,17-18H,1H3. The largest absolute Gasteiger partial charge is 0.395 e. The van der Waals surface area contributed by atoms with E-state index in [4.69, 9.17) is 4.74 Å². The van der Waals surface area contributed by atoms with Crippen LogP contribution in [0.2, 0.25) is 0 Å². The molecule has 0 saturated heterocycles. The molecule has 0 spiro atoms. The molecule has 130 valence electrons. The molecule has 2 atom stereocenters. The number of alkyl halides is 1. The smallest absolute Gasteiger partial charge is 0.341 e. The SMILES string of the molecule is COC1N(F)C=C(F)C2=NC(F)(S(=O)(=O)Nc3ccccc3)NN21. The van der Waals surface area contributed by atoms with E-state index in [9.17, 15) is 21.7 Å². The number of nitrogens with zero attached hydrogens (tertiary/aromatic N) is 3. The Kier molecular flexibility index (Phi) is 3.89. The van der Waals surface area contributed by atoms with Crippen LogP contribution < -0.4 is 10.1 Å². The summed E-state index contributed by atoms with van der Waals surface area (Å²) in [4.78, 5) is 3.22. The average Bonchev–Trinajstić information content (AvgIpc) is 2.88. The van der Waals surface area contributed by atoms with Gasteiger partial charge in [0.2, 0.25) is 0 Å². The van der Waals surface area contributed by atoms with Gasteiger partial charge in [-0.15, -0.1) is 0 Å². The molecule has 0 radical (unpaired) electrons. The number of nitrogens with one attached hydrogen (secondary N) is 2. The number of aliphatic imine (C=N–C) groups is 1. The minimum atomic E-state index is -4.79. The van der Waals surface area contributed by atoms with E-state index in [1.807, 2.05) is 10.1 Å². The van der Waals surface area contributed by atoms with Crippen molar-refractivity contribution < 1.29 is 26.4 Å². The predicted octanol–water partition coefficient (Wildman–Crippen LogP) is 1.17. The number of hydrogen-bond donors (Lipinski definition) is 2. The van der Waals surface area contributed by atoms with Crippen molar-refractivity contribution in [2.75, 3.05) is 11.8 Å². The zero-order valence-electron chi connectivity index (χ0n) is 12.1. The van der Waals surface area contributed by atoms with Crippen molar-refractivity contribution in [3.05, 3.63) is 42.4 Å². The second-order valence-electron chi connectivity index (χ2n) is 4.83. The number of hydrogen-bond acceptors (Lipinski definition) is 7. The summed E-state index contributed by atoms with van der Waals surface area (Å²) in [5.41, 5.74) is 1.89. The Labute approximate surface area is 135 Å². The van der Waals surface area contributed by atoms with E-state index < -0.39 is 33.3 Å². The van der Waals surface area contributed by atoms with Gasteiger partial charge in [0, 0.05) is 12.8 Å². The predicted molar refractivity (Wildman–Crippen MR) is 78.2 cm³/mol. The molecule has 2 N–H and O–H groups in total. The molecule has 2 aliphatic heterocycles. The molecular weight excluding hydrogens is 351 g/mol. The maximum atomic E-state index is 14.9. The van der Waals surface area contributed by atoms with Crippen molar-refractivity contribution in [2.45, 2.75) is 11.6 Å². The molecular formula is C12H12F3N5O3S. The fourth-order valence-electron chi connectivity index (χ4n) is 2.14. The quantitative estimate of drug-likeness (QED) is 0.617. The molecule has 0 bridgehead atoms. The van der Waals surface area contributed by atoms with E-state index in [1.54, 1.807) is 6.07 Å². The highest BCUT2D eigenvalue weighted by Crippen LogP contribution is 2.32. The normalized spacial score (nSPS) is 26.8. The first-order valence-electron chi connectivity index (χ1n) is 6.55. The van der Waals surface area contributed by atoms with Crippen LogP contribution in [0.4, 0.5) is 18.9 Å². The highest BCUT2D eigenvalue weighted by atomic mass is 32.2. The Balaban J connectivity index is 1.94. The third kappa shape index (κ3) is 2.57. The van der Waals surface area contributed by atoms with E-state index in [0.717, 1.165) is 7.11 Å². The number of rotatable bonds is 4. The lowest BCUT2D eigenvalue weighted by Gasteiger charge is -2.34. The van der Waals surface area contributed by atoms with Gasteiger partial charge in [-0.05, 0) is 12.1 Å². The number of sulfonamides is 1. The van der Waals surface area contributed by atoms with Crippen LogP contribution in [0.15, 0.2) is 47.4 Å². The summed E-state index contributed by atoms with van der Waals surface area (Å²) in [5, 5.41) is -3.16.